The first-order valence-corrected chi connectivity index (χ1v) is 11.2. The molecule has 2 N–H and O–H groups in total. The number of hydrogen-bond donors (Lipinski definition) is 2. The van der Waals surface area contributed by atoms with Crippen molar-refractivity contribution in [3.05, 3.63) is 21.9 Å². The Balaban J connectivity index is 1.42. The average Bonchev–Trinajstić information content (AvgIpc) is 3.11. The Labute approximate surface area is 162 Å². The van der Waals surface area contributed by atoms with Gasteiger partial charge in [-0.25, -0.2) is 0 Å². The van der Waals surface area contributed by atoms with Gasteiger partial charge in [0.05, 0.1) is 6.54 Å². The number of hydrogen-bond acceptors (Lipinski definition) is 4. The fraction of sp³-hybridized carbons (Fsp3) is 0.750. The standard InChI is InChI=1S/C20H35N5S/c1-3-10-24-11-5-18(6-12-24)23-20(21-4-2)22-9-14-25-13-7-19-17(16-25)8-15-26-19/h8,15,18H,3-7,9-14,16H2,1-2H3,(H2,21,22,23). The van der Waals surface area contributed by atoms with Crippen LogP contribution in [-0.4, -0.2) is 67.6 Å². The molecule has 3 heterocycles. The van der Waals surface area contributed by atoms with Gasteiger partial charge in [-0.3, -0.25) is 9.89 Å². The van der Waals surface area contributed by atoms with Crippen LogP contribution in [-0.2, 0) is 13.0 Å². The van der Waals surface area contributed by atoms with Crippen molar-refractivity contribution in [3.63, 3.8) is 0 Å². The number of nitrogens with one attached hydrogen (secondary N) is 2. The van der Waals surface area contributed by atoms with E-state index in [2.05, 4.69) is 45.7 Å². The number of nitrogens with zero attached hydrogens (tertiary/aromatic N) is 3. The molecule has 1 aromatic rings. The van der Waals surface area contributed by atoms with E-state index in [4.69, 9.17) is 4.99 Å². The number of aliphatic imine (C=N–C) groups is 1. The van der Waals surface area contributed by atoms with Gasteiger partial charge in [-0.1, -0.05) is 6.92 Å². The van der Waals surface area contributed by atoms with Crippen molar-refractivity contribution in [1.29, 1.82) is 0 Å². The van der Waals surface area contributed by atoms with Crippen LogP contribution in [0.4, 0.5) is 0 Å². The first kappa shape index (κ1) is 19.6. The predicted octanol–water partition coefficient (Wildman–Crippen LogP) is 2.54. The third-order valence-electron chi connectivity index (χ3n) is 5.39. The van der Waals surface area contributed by atoms with Crippen LogP contribution in [0.5, 0.6) is 0 Å². The molecule has 0 aromatic carbocycles. The van der Waals surface area contributed by atoms with Gasteiger partial charge < -0.3 is 15.5 Å². The van der Waals surface area contributed by atoms with E-state index in [0.717, 1.165) is 32.1 Å². The lowest BCUT2D eigenvalue weighted by molar-refractivity contribution is 0.206. The molecule has 0 bridgehead atoms. The molecule has 2 aliphatic heterocycles. The summed E-state index contributed by atoms with van der Waals surface area (Å²) in [5, 5.41) is 9.32. The summed E-state index contributed by atoms with van der Waals surface area (Å²) in [5.74, 6) is 0.995. The van der Waals surface area contributed by atoms with Crippen molar-refractivity contribution >= 4 is 17.3 Å². The highest BCUT2D eigenvalue weighted by Crippen LogP contribution is 2.23. The highest BCUT2D eigenvalue weighted by atomic mass is 32.1. The maximum atomic E-state index is 4.84. The molecular weight excluding hydrogens is 342 g/mol. The molecule has 3 rings (SSSR count). The molecule has 0 spiro atoms. The summed E-state index contributed by atoms with van der Waals surface area (Å²) in [7, 11) is 0. The molecule has 0 atom stereocenters. The van der Waals surface area contributed by atoms with Crippen molar-refractivity contribution in [2.24, 2.45) is 4.99 Å². The lowest BCUT2D eigenvalue weighted by Gasteiger charge is -2.33. The van der Waals surface area contributed by atoms with Crippen LogP contribution in [0.2, 0.25) is 0 Å². The van der Waals surface area contributed by atoms with Crippen LogP contribution in [0, 0.1) is 0 Å². The summed E-state index contributed by atoms with van der Waals surface area (Å²) in [6.07, 6.45) is 4.89. The van der Waals surface area contributed by atoms with Crippen molar-refractivity contribution in [1.82, 2.24) is 20.4 Å². The molecule has 1 aromatic heterocycles. The second-order valence-corrected chi connectivity index (χ2v) is 8.42. The molecule has 0 amide bonds. The molecule has 6 heteroatoms. The van der Waals surface area contributed by atoms with E-state index < -0.39 is 0 Å². The van der Waals surface area contributed by atoms with Crippen LogP contribution in [0.15, 0.2) is 16.4 Å². The number of guanidine groups is 1. The highest BCUT2D eigenvalue weighted by Gasteiger charge is 2.19. The molecule has 2 aliphatic rings. The van der Waals surface area contributed by atoms with Gasteiger partial charge in [0.25, 0.3) is 0 Å². The Morgan fingerprint density at radius 3 is 2.81 bits per heavy atom. The Kier molecular flexibility index (Phi) is 7.77. The van der Waals surface area contributed by atoms with Crippen LogP contribution in [0.1, 0.15) is 43.6 Å². The number of fused-ring (bicyclic) bond motifs is 1. The number of piperidine rings is 1. The summed E-state index contributed by atoms with van der Waals surface area (Å²) in [4.78, 5) is 11.5. The van der Waals surface area contributed by atoms with Crippen LogP contribution < -0.4 is 10.6 Å². The maximum absolute atomic E-state index is 4.84. The minimum Gasteiger partial charge on any atom is -0.357 e. The van der Waals surface area contributed by atoms with Crippen molar-refractivity contribution < 1.29 is 0 Å². The molecule has 1 saturated heterocycles. The Morgan fingerprint density at radius 1 is 1.19 bits per heavy atom. The quantitative estimate of drug-likeness (QED) is 0.566. The second kappa shape index (κ2) is 10.3. The Morgan fingerprint density at radius 2 is 2.04 bits per heavy atom. The van der Waals surface area contributed by atoms with E-state index in [1.54, 1.807) is 4.88 Å². The smallest absolute Gasteiger partial charge is 0.191 e. The van der Waals surface area contributed by atoms with Gasteiger partial charge in [0.15, 0.2) is 5.96 Å². The SMILES string of the molecule is CCCN1CCC(NC(=NCCN2CCc3sccc3C2)NCC)CC1. The fourth-order valence-electron chi connectivity index (χ4n) is 3.93. The van der Waals surface area contributed by atoms with Gasteiger partial charge in [-0.15, -0.1) is 11.3 Å². The lowest BCUT2D eigenvalue weighted by Crippen LogP contribution is -2.49. The van der Waals surface area contributed by atoms with Gasteiger partial charge in [0.1, 0.15) is 0 Å². The third kappa shape index (κ3) is 5.69. The number of thiophene rings is 1. The summed E-state index contributed by atoms with van der Waals surface area (Å²) in [6.45, 7) is 13.2. The maximum Gasteiger partial charge on any atom is 0.191 e. The normalized spacial score (nSPS) is 20.2. The zero-order chi connectivity index (χ0) is 18.2. The summed E-state index contributed by atoms with van der Waals surface area (Å²) in [5.41, 5.74) is 1.52. The largest absolute Gasteiger partial charge is 0.357 e. The molecule has 1 fully saturated rings. The topological polar surface area (TPSA) is 42.9 Å². The van der Waals surface area contributed by atoms with Crippen molar-refractivity contribution in [2.45, 2.75) is 52.1 Å². The van der Waals surface area contributed by atoms with Crippen LogP contribution in [0.3, 0.4) is 0 Å². The van der Waals surface area contributed by atoms with Gasteiger partial charge in [0, 0.05) is 50.2 Å². The lowest BCUT2D eigenvalue weighted by atomic mass is 10.1. The summed E-state index contributed by atoms with van der Waals surface area (Å²) in [6, 6.07) is 2.84. The third-order valence-corrected chi connectivity index (χ3v) is 6.41. The highest BCUT2D eigenvalue weighted by molar-refractivity contribution is 7.10. The minimum absolute atomic E-state index is 0.559. The monoisotopic (exact) mass is 377 g/mol. The van der Waals surface area contributed by atoms with Gasteiger partial charge in [0.2, 0.25) is 0 Å². The first-order valence-electron chi connectivity index (χ1n) is 10.3. The molecule has 0 unspecified atom stereocenters. The molecule has 0 radical (unpaired) electrons. The molecule has 0 saturated carbocycles. The first-order chi connectivity index (χ1) is 12.8. The van der Waals surface area contributed by atoms with Gasteiger partial charge >= 0.3 is 0 Å². The minimum atomic E-state index is 0.559. The van der Waals surface area contributed by atoms with Crippen molar-refractivity contribution in [3.8, 4) is 0 Å². The molecule has 26 heavy (non-hydrogen) atoms. The van der Waals surface area contributed by atoms with E-state index in [1.165, 1.54) is 57.4 Å². The van der Waals surface area contributed by atoms with E-state index in [-0.39, 0.29) is 0 Å². The average molecular weight is 378 g/mol. The molecular formula is C20H35N5S. The number of likely N-dealkylation sites (tertiary alicyclic amines) is 1. The van der Waals surface area contributed by atoms with E-state index in [0.29, 0.717) is 6.04 Å². The molecule has 5 nitrogen and oxygen atoms in total. The van der Waals surface area contributed by atoms with Gasteiger partial charge in [-0.05, 0) is 56.2 Å². The Bertz CT molecular complexity index is 562. The summed E-state index contributed by atoms with van der Waals surface area (Å²) >= 11 is 1.91. The molecule has 0 aliphatic carbocycles. The van der Waals surface area contributed by atoms with E-state index in [1.807, 2.05) is 11.3 Å². The van der Waals surface area contributed by atoms with Gasteiger partial charge in [-0.2, -0.15) is 0 Å². The van der Waals surface area contributed by atoms with E-state index in [9.17, 15) is 0 Å². The van der Waals surface area contributed by atoms with Crippen LogP contribution >= 0.6 is 11.3 Å². The summed E-state index contributed by atoms with van der Waals surface area (Å²) < 4.78 is 0. The zero-order valence-corrected chi connectivity index (χ0v) is 17.3. The molecule has 146 valence electrons. The van der Waals surface area contributed by atoms with Crippen molar-refractivity contribution in [2.75, 3.05) is 45.8 Å². The second-order valence-electron chi connectivity index (χ2n) is 7.42. The predicted molar refractivity (Wildman–Crippen MR) is 112 cm³/mol. The van der Waals surface area contributed by atoms with Crippen LogP contribution in [0.25, 0.3) is 0 Å². The zero-order valence-electron chi connectivity index (χ0n) is 16.5. The Hall–Kier alpha value is -1.11. The fourth-order valence-corrected chi connectivity index (χ4v) is 4.82. The van der Waals surface area contributed by atoms with E-state index >= 15 is 0 Å². The number of rotatable bonds is 7.